The minimum absolute atomic E-state index is 0.0126. The highest BCUT2D eigenvalue weighted by Crippen LogP contribution is 2.38. The molecular formula is C36H58ClFN4O3S. The monoisotopic (exact) mass is 680 g/mol. The highest BCUT2D eigenvalue weighted by molar-refractivity contribution is 8.15. The fourth-order valence-corrected chi connectivity index (χ4v) is 5.48. The maximum absolute atomic E-state index is 14.1. The van der Waals surface area contributed by atoms with Crippen LogP contribution in [0.4, 0.5) is 4.39 Å². The fourth-order valence-electron chi connectivity index (χ4n) is 4.77. The first-order valence-corrected chi connectivity index (χ1v) is 17.8. The minimum atomic E-state index is -0.680. The van der Waals surface area contributed by atoms with Gasteiger partial charge in [-0.1, -0.05) is 92.6 Å². The topological polar surface area (TPSA) is 94.4 Å². The lowest BCUT2D eigenvalue weighted by atomic mass is 9.90. The van der Waals surface area contributed by atoms with Gasteiger partial charge in [-0.3, -0.25) is 14.6 Å². The molecule has 1 unspecified atom stereocenters. The number of hydrogen-bond acceptors (Lipinski definition) is 7. The Kier molecular flexibility index (Phi) is 20.9. The van der Waals surface area contributed by atoms with Crippen LogP contribution in [0, 0.1) is 17.2 Å². The van der Waals surface area contributed by atoms with Gasteiger partial charge in [0.05, 0.1) is 5.02 Å². The second-order valence-electron chi connectivity index (χ2n) is 12.7. The lowest BCUT2D eigenvalue weighted by Gasteiger charge is -2.33. The van der Waals surface area contributed by atoms with E-state index in [4.69, 9.17) is 21.7 Å². The van der Waals surface area contributed by atoms with Crippen LogP contribution in [0.3, 0.4) is 0 Å². The van der Waals surface area contributed by atoms with Gasteiger partial charge in [0, 0.05) is 55.6 Å². The van der Waals surface area contributed by atoms with Crippen LogP contribution < -0.4 is 5.32 Å². The predicted molar refractivity (Wildman–Crippen MR) is 196 cm³/mol. The van der Waals surface area contributed by atoms with Crippen molar-refractivity contribution < 1.29 is 19.1 Å². The minimum Gasteiger partial charge on any atom is -0.396 e. The summed E-state index contributed by atoms with van der Waals surface area (Å²) in [5.74, 6) is 0.253. The number of aliphatic hydroxyl groups excluding tert-OH is 1. The molecule has 1 amide bonds. The largest absolute Gasteiger partial charge is 0.396 e. The molecule has 0 aromatic heterocycles. The maximum atomic E-state index is 14.1. The smallest absolute Gasteiger partial charge is 0.219 e. The van der Waals surface area contributed by atoms with E-state index in [9.17, 15) is 14.0 Å². The number of carbonyl (C=O) groups is 2. The van der Waals surface area contributed by atoms with Crippen LogP contribution in [0.5, 0.6) is 0 Å². The van der Waals surface area contributed by atoms with Gasteiger partial charge >= 0.3 is 0 Å². The van der Waals surface area contributed by atoms with E-state index in [1.807, 2.05) is 31.9 Å². The van der Waals surface area contributed by atoms with Gasteiger partial charge in [-0.25, -0.2) is 9.38 Å². The van der Waals surface area contributed by atoms with E-state index in [2.05, 4.69) is 58.4 Å². The van der Waals surface area contributed by atoms with Gasteiger partial charge < -0.3 is 15.3 Å². The molecule has 1 aromatic rings. The SMILES string of the molecule is C=CN=C(SC)C1=N[C@@H](c2cccc(F)c2Cl)C(C(=O)CCC)=C(CC)N1.CC(C)(C)C.CCCN(C(C)=O)[C@H](CC)C(C)CO. The van der Waals surface area contributed by atoms with E-state index in [-0.39, 0.29) is 35.3 Å². The lowest BCUT2D eigenvalue weighted by Crippen LogP contribution is -2.43. The molecule has 46 heavy (non-hydrogen) atoms. The molecule has 1 aliphatic rings. The number of benzene rings is 1. The fraction of sp³-hybridized carbons (Fsp3) is 0.611. The summed E-state index contributed by atoms with van der Waals surface area (Å²) in [5, 5.41) is 12.9. The highest BCUT2D eigenvalue weighted by Gasteiger charge is 2.32. The normalized spacial score (nSPS) is 16.1. The first kappa shape index (κ1) is 43.5. The first-order valence-electron chi connectivity index (χ1n) is 16.2. The molecule has 0 bridgehead atoms. The summed E-state index contributed by atoms with van der Waals surface area (Å²) in [4.78, 5) is 35.1. The molecule has 3 atom stereocenters. The number of aliphatic imine (C=N–C) groups is 2. The zero-order valence-electron chi connectivity index (χ0n) is 30.0. The molecule has 2 N–H and O–H groups in total. The van der Waals surface area contributed by atoms with Gasteiger partial charge in [-0.2, -0.15) is 0 Å². The number of thioether (sulfide) groups is 1. The predicted octanol–water partition coefficient (Wildman–Crippen LogP) is 9.16. The Bertz CT molecular complexity index is 1220. The number of aliphatic hydroxyl groups is 1. The summed E-state index contributed by atoms with van der Waals surface area (Å²) < 4.78 is 14.1. The lowest BCUT2D eigenvalue weighted by molar-refractivity contribution is -0.132. The standard InChI is InChI=1S/C20H23ClFN3OS.C11H23NO2.C5H12/c1-5-9-15(26)16-14(6-2)24-19(20(27-4)23-7-3)25-18(16)12-10-8-11-13(22)17(12)21;1-5-7-12(10(4)14)11(6-2)9(3)8-13;1-5(2,3)4/h7-8,10-11,18H,3,5-6,9H2,1-2,4H3,(H,24,25);9,11,13H,5-8H2,1-4H3;1-4H3/t18-;9?,11-;/m01./s1. The molecule has 0 saturated heterocycles. The van der Waals surface area contributed by atoms with E-state index < -0.39 is 11.9 Å². The summed E-state index contributed by atoms with van der Waals surface area (Å²) in [7, 11) is 0. The van der Waals surface area contributed by atoms with Crippen LogP contribution in [-0.4, -0.2) is 58.0 Å². The molecule has 1 aliphatic heterocycles. The van der Waals surface area contributed by atoms with Crippen LogP contribution >= 0.6 is 23.4 Å². The van der Waals surface area contributed by atoms with Crippen LogP contribution in [0.15, 0.2) is 52.2 Å². The van der Waals surface area contributed by atoms with E-state index >= 15 is 0 Å². The highest BCUT2D eigenvalue weighted by atomic mass is 35.5. The summed E-state index contributed by atoms with van der Waals surface area (Å²) in [6.07, 6.45) is 6.90. The number of amidine groups is 1. The van der Waals surface area contributed by atoms with Gasteiger partial charge in [0.1, 0.15) is 16.9 Å². The van der Waals surface area contributed by atoms with Crippen molar-refractivity contribution in [2.75, 3.05) is 19.4 Å². The third-order valence-electron chi connectivity index (χ3n) is 6.77. The average molecular weight is 681 g/mol. The van der Waals surface area contributed by atoms with Crippen molar-refractivity contribution in [1.82, 2.24) is 10.2 Å². The number of carbonyl (C=O) groups excluding carboxylic acids is 2. The molecule has 1 aromatic carbocycles. The maximum Gasteiger partial charge on any atom is 0.219 e. The van der Waals surface area contributed by atoms with Crippen molar-refractivity contribution in [3.8, 4) is 0 Å². The summed E-state index contributed by atoms with van der Waals surface area (Å²) in [6.45, 7) is 24.9. The Morgan fingerprint density at radius 3 is 2.26 bits per heavy atom. The van der Waals surface area contributed by atoms with Crippen molar-refractivity contribution in [2.24, 2.45) is 21.3 Å². The number of hydrogen-bond donors (Lipinski definition) is 2. The Morgan fingerprint density at radius 1 is 1.22 bits per heavy atom. The molecular weight excluding hydrogens is 623 g/mol. The van der Waals surface area contributed by atoms with Crippen LogP contribution in [0.1, 0.15) is 113 Å². The van der Waals surface area contributed by atoms with Gasteiger partial charge in [-0.15, -0.1) is 11.8 Å². The van der Waals surface area contributed by atoms with Gasteiger partial charge in [0.25, 0.3) is 0 Å². The number of Topliss-reactive ketones (excluding diaryl/α,β-unsaturated/α-hetero) is 1. The second-order valence-corrected chi connectivity index (χ2v) is 13.9. The van der Waals surface area contributed by atoms with Crippen LogP contribution in [0.2, 0.25) is 5.02 Å². The quantitative estimate of drug-likeness (QED) is 0.160. The van der Waals surface area contributed by atoms with E-state index in [0.717, 1.165) is 25.1 Å². The van der Waals surface area contributed by atoms with E-state index in [0.29, 0.717) is 46.7 Å². The third kappa shape index (κ3) is 14.5. The Balaban J connectivity index is 0.000000890. The molecule has 0 aliphatic carbocycles. The number of amides is 1. The molecule has 0 fully saturated rings. The van der Waals surface area contributed by atoms with Crippen LogP contribution in [-0.2, 0) is 9.59 Å². The van der Waals surface area contributed by atoms with Crippen molar-refractivity contribution in [3.05, 3.63) is 58.7 Å². The summed E-state index contributed by atoms with van der Waals surface area (Å²) in [6, 6.07) is 4.08. The second kappa shape index (κ2) is 22.1. The van der Waals surface area contributed by atoms with Gasteiger partial charge in [0.2, 0.25) is 5.91 Å². The Morgan fingerprint density at radius 2 is 1.83 bits per heavy atom. The van der Waals surface area contributed by atoms with Crippen molar-refractivity contribution in [1.29, 1.82) is 0 Å². The Hall–Kier alpha value is -2.49. The number of nitrogens with one attached hydrogen (secondary N) is 1. The number of ketones is 1. The molecule has 7 nitrogen and oxygen atoms in total. The number of allylic oxidation sites excluding steroid dienone is 1. The Labute approximate surface area is 287 Å². The first-order chi connectivity index (χ1) is 21.6. The van der Waals surface area contributed by atoms with Crippen molar-refractivity contribution >= 4 is 45.9 Å². The van der Waals surface area contributed by atoms with Crippen molar-refractivity contribution in [3.63, 3.8) is 0 Å². The van der Waals surface area contributed by atoms with Crippen LogP contribution in [0.25, 0.3) is 0 Å². The van der Waals surface area contributed by atoms with Gasteiger partial charge in [-0.05, 0) is 49.3 Å². The molecule has 0 radical (unpaired) electrons. The zero-order valence-corrected chi connectivity index (χ0v) is 31.5. The van der Waals surface area contributed by atoms with E-state index in [1.165, 1.54) is 24.0 Å². The number of halogens is 2. The third-order valence-corrected chi connectivity index (χ3v) is 7.85. The zero-order chi connectivity index (χ0) is 35.6. The molecule has 10 heteroatoms. The molecule has 0 spiro atoms. The average Bonchev–Trinajstić information content (AvgIpc) is 2.99. The molecule has 1 heterocycles. The molecule has 260 valence electrons. The summed E-state index contributed by atoms with van der Waals surface area (Å²) >= 11 is 7.65. The van der Waals surface area contributed by atoms with Crippen molar-refractivity contribution in [2.45, 2.75) is 113 Å². The number of rotatable bonds is 13. The number of nitrogens with zero attached hydrogens (tertiary/aromatic N) is 3. The molecule has 0 saturated carbocycles. The van der Waals surface area contributed by atoms with E-state index in [1.54, 1.807) is 19.1 Å². The molecule has 2 rings (SSSR count). The van der Waals surface area contributed by atoms with Gasteiger partial charge in [0.15, 0.2) is 11.6 Å². The summed E-state index contributed by atoms with van der Waals surface area (Å²) in [5.41, 5.74) is 2.27.